The Morgan fingerprint density at radius 1 is 1.43 bits per heavy atom. The summed E-state index contributed by atoms with van der Waals surface area (Å²) in [5.41, 5.74) is 6.19. The summed E-state index contributed by atoms with van der Waals surface area (Å²) >= 11 is 0. The summed E-state index contributed by atoms with van der Waals surface area (Å²) in [6.45, 7) is 5.35. The Kier molecular flexibility index (Phi) is 5.34. The first-order valence-corrected chi connectivity index (χ1v) is 7.94. The van der Waals surface area contributed by atoms with Crippen LogP contribution in [-0.2, 0) is 0 Å². The highest BCUT2D eigenvalue weighted by molar-refractivity contribution is 6.00. The Balaban J connectivity index is 2.17. The topological polar surface area (TPSA) is 65.2 Å². The fourth-order valence-electron chi connectivity index (χ4n) is 2.99. The van der Waals surface area contributed by atoms with Crippen LogP contribution in [0.25, 0.3) is 0 Å². The van der Waals surface area contributed by atoms with Gasteiger partial charge in [-0.25, -0.2) is 0 Å². The van der Waals surface area contributed by atoms with E-state index in [4.69, 9.17) is 10.5 Å². The van der Waals surface area contributed by atoms with E-state index in [1.54, 1.807) is 18.5 Å². The normalized spacial score (nSPS) is 25.6. The zero-order valence-corrected chi connectivity index (χ0v) is 13.1. The molecule has 1 saturated carbocycles. The van der Waals surface area contributed by atoms with Crippen molar-refractivity contribution >= 4 is 5.78 Å². The van der Waals surface area contributed by atoms with Gasteiger partial charge in [0.05, 0.1) is 12.8 Å². The number of ether oxygens (including phenoxy) is 1. The molecule has 116 valence electrons. The van der Waals surface area contributed by atoms with Crippen molar-refractivity contribution in [2.75, 3.05) is 13.2 Å². The third-order valence-electron chi connectivity index (χ3n) is 4.55. The second-order valence-corrected chi connectivity index (χ2v) is 6.25. The van der Waals surface area contributed by atoms with Crippen molar-refractivity contribution in [3.05, 3.63) is 24.0 Å². The Bertz CT molecular complexity index is 479. The van der Waals surface area contributed by atoms with E-state index in [0.717, 1.165) is 32.1 Å². The minimum absolute atomic E-state index is 0.131. The quantitative estimate of drug-likeness (QED) is 0.817. The zero-order valence-electron chi connectivity index (χ0n) is 13.1. The van der Waals surface area contributed by atoms with Crippen LogP contribution in [0.5, 0.6) is 5.75 Å². The fourth-order valence-corrected chi connectivity index (χ4v) is 2.99. The number of carbonyl (C=O) groups excluding carboxylic acids is 1. The maximum atomic E-state index is 12.9. The zero-order chi connectivity index (χ0) is 15.3. The van der Waals surface area contributed by atoms with Gasteiger partial charge in [0.1, 0.15) is 5.75 Å². The van der Waals surface area contributed by atoms with Gasteiger partial charge in [0, 0.05) is 23.7 Å². The predicted octanol–water partition coefficient (Wildman–Crippen LogP) is 3.21. The SMILES string of the molecule is CCCOc1cncc(C(=O)C2(CN)CCC(C)CC2)c1. The second kappa shape index (κ2) is 7.03. The molecule has 4 heteroatoms. The molecular formula is C17H26N2O2. The predicted molar refractivity (Wildman–Crippen MR) is 83.5 cm³/mol. The van der Waals surface area contributed by atoms with E-state index in [2.05, 4.69) is 18.8 Å². The molecule has 0 aromatic carbocycles. The summed E-state index contributed by atoms with van der Waals surface area (Å²) in [4.78, 5) is 17.1. The molecule has 1 aliphatic rings. The number of nitrogens with two attached hydrogens (primary N) is 1. The summed E-state index contributed by atoms with van der Waals surface area (Å²) in [5.74, 6) is 1.49. The number of rotatable bonds is 6. The molecule has 0 atom stereocenters. The van der Waals surface area contributed by atoms with Gasteiger partial charge in [0.2, 0.25) is 0 Å². The molecular weight excluding hydrogens is 264 g/mol. The van der Waals surface area contributed by atoms with Gasteiger partial charge >= 0.3 is 0 Å². The van der Waals surface area contributed by atoms with Gasteiger partial charge in [-0.2, -0.15) is 0 Å². The van der Waals surface area contributed by atoms with Crippen LogP contribution < -0.4 is 10.5 Å². The summed E-state index contributed by atoms with van der Waals surface area (Å²) in [6, 6.07) is 1.81. The van der Waals surface area contributed by atoms with E-state index in [-0.39, 0.29) is 5.78 Å². The monoisotopic (exact) mass is 290 g/mol. The highest BCUT2D eigenvalue weighted by Gasteiger charge is 2.40. The van der Waals surface area contributed by atoms with Crippen LogP contribution >= 0.6 is 0 Å². The maximum Gasteiger partial charge on any atom is 0.171 e. The van der Waals surface area contributed by atoms with Crippen molar-refractivity contribution in [2.45, 2.75) is 46.0 Å². The van der Waals surface area contributed by atoms with Crippen LogP contribution in [-0.4, -0.2) is 23.9 Å². The molecule has 1 aromatic heterocycles. The molecule has 1 aliphatic carbocycles. The van der Waals surface area contributed by atoms with Gasteiger partial charge in [0.25, 0.3) is 0 Å². The second-order valence-electron chi connectivity index (χ2n) is 6.25. The molecule has 0 saturated heterocycles. The molecule has 1 heterocycles. The average Bonchev–Trinajstić information content (AvgIpc) is 2.53. The van der Waals surface area contributed by atoms with Crippen molar-refractivity contribution < 1.29 is 9.53 Å². The number of Topliss-reactive ketones (excluding diaryl/α,β-unsaturated/α-hetero) is 1. The molecule has 0 amide bonds. The fraction of sp³-hybridized carbons (Fsp3) is 0.647. The molecule has 1 aromatic rings. The number of aromatic nitrogens is 1. The molecule has 0 unspecified atom stereocenters. The molecule has 0 radical (unpaired) electrons. The molecule has 2 rings (SSSR count). The Labute approximate surface area is 127 Å². The van der Waals surface area contributed by atoms with Crippen LogP contribution in [0.4, 0.5) is 0 Å². The summed E-state index contributed by atoms with van der Waals surface area (Å²) in [6.07, 6.45) is 8.13. The molecule has 0 bridgehead atoms. The summed E-state index contributed by atoms with van der Waals surface area (Å²) < 4.78 is 5.57. The molecule has 1 fully saturated rings. The lowest BCUT2D eigenvalue weighted by atomic mass is 9.67. The van der Waals surface area contributed by atoms with Crippen LogP contribution in [0.2, 0.25) is 0 Å². The van der Waals surface area contributed by atoms with Crippen molar-refractivity contribution in [3.63, 3.8) is 0 Å². The minimum atomic E-state index is -0.405. The smallest absolute Gasteiger partial charge is 0.171 e. The highest BCUT2D eigenvalue weighted by Crippen LogP contribution is 2.40. The average molecular weight is 290 g/mol. The van der Waals surface area contributed by atoms with Crippen LogP contribution in [0.3, 0.4) is 0 Å². The van der Waals surface area contributed by atoms with E-state index in [1.807, 2.05) is 0 Å². The first-order valence-electron chi connectivity index (χ1n) is 7.94. The van der Waals surface area contributed by atoms with E-state index in [1.165, 1.54) is 0 Å². The number of hydrogen-bond donors (Lipinski definition) is 1. The Morgan fingerprint density at radius 3 is 2.76 bits per heavy atom. The first kappa shape index (κ1) is 16.0. The molecule has 0 aliphatic heterocycles. The van der Waals surface area contributed by atoms with Gasteiger partial charge in [-0.05, 0) is 44.1 Å². The van der Waals surface area contributed by atoms with Gasteiger partial charge in [-0.15, -0.1) is 0 Å². The van der Waals surface area contributed by atoms with Crippen LogP contribution in [0.1, 0.15) is 56.3 Å². The highest BCUT2D eigenvalue weighted by atomic mass is 16.5. The third kappa shape index (κ3) is 3.62. The van der Waals surface area contributed by atoms with Crippen molar-refractivity contribution in [1.29, 1.82) is 0 Å². The maximum absolute atomic E-state index is 12.9. The first-order chi connectivity index (χ1) is 10.1. The number of nitrogens with zero attached hydrogens (tertiary/aromatic N) is 1. The van der Waals surface area contributed by atoms with Crippen molar-refractivity contribution in [1.82, 2.24) is 4.98 Å². The lowest BCUT2D eigenvalue weighted by molar-refractivity contribution is 0.0694. The number of pyridine rings is 1. The molecule has 4 nitrogen and oxygen atoms in total. The third-order valence-corrected chi connectivity index (χ3v) is 4.55. The van der Waals surface area contributed by atoms with Gasteiger partial charge in [-0.1, -0.05) is 13.8 Å². The number of ketones is 1. The van der Waals surface area contributed by atoms with Crippen LogP contribution in [0.15, 0.2) is 18.5 Å². The Hall–Kier alpha value is -1.42. The van der Waals surface area contributed by atoms with Crippen LogP contribution in [0, 0.1) is 11.3 Å². The van der Waals surface area contributed by atoms with Gasteiger partial charge in [0.15, 0.2) is 5.78 Å². The van der Waals surface area contributed by atoms with Crippen molar-refractivity contribution in [3.8, 4) is 5.75 Å². The largest absolute Gasteiger partial charge is 0.492 e. The standard InChI is InChI=1S/C17H26N2O2/c1-3-8-21-15-9-14(10-19-11-15)16(20)17(12-18)6-4-13(2)5-7-17/h9-11,13H,3-8,12,18H2,1-2H3. The molecule has 0 spiro atoms. The minimum Gasteiger partial charge on any atom is -0.492 e. The van der Waals surface area contributed by atoms with Gasteiger partial charge < -0.3 is 10.5 Å². The number of carbonyl (C=O) groups is 1. The summed E-state index contributed by atoms with van der Waals surface area (Å²) in [7, 11) is 0. The van der Waals surface area contributed by atoms with E-state index >= 15 is 0 Å². The number of hydrogen-bond acceptors (Lipinski definition) is 4. The van der Waals surface area contributed by atoms with E-state index in [0.29, 0.717) is 30.4 Å². The van der Waals surface area contributed by atoms with E-state index < -0.39 is 5.41 Å². The lowest BCUT2D eigenvalue weighted by Gasteiger charge is -2.37. The van der Waals surface area contributed by atoms with Gasteiger partial charge in [-0.3, -0.25) is 9.78 Å². The molecule has 21 heavy (non-hydrogen) atoms. The molecule has 2 N–H and O–H groups in total. The lowest BCUT2D eigenvalue weighted by Crippen LogP contribution is -2.41. The summed E-state index contributed by atoms with van der Waals surface area (Å²) in [5, 5.41) is 0. The van der Waals surface area contributed by atoms with Crippen molar-refractivity contribution in [2.24, 2.45) is 17.1 Å². The van der Waals surface area contributed by atoms with E-state index in [9.17, 15) is 4.79 Å². The Morgan fingerprint density at radius 2 is 2.14 bits per heavy atom.